The van der Waals surface area contributed by atoms with Gasteiger partial charge < -0.3 is 23.8 Å². The van der Waals surface area contributed by atoms with E-state index in [0.29, 0.717) is 19.3 Å². The quantitative estimate of drug-likeness (QED) is 0.0214. The van der Waals surface area contributed by atoms with Crippen molar-refractivity contribution in [3.8, 4) is 0 Å². The molecule has 0 aromatic carbocycles. The lowest BCUT2D eigenvalue weighted by molar-refractivity contribution is -0.887. The van der Waals surface area contributed by atoms with Crippen molar-refractivity contribution in [1.29, 1.82) is 0 Å². The minimum Gasteiger partial charge on any atom is -0.477 e. The monoisotopic (exact) mass is 881 g/mol. The maximum absolute atomic E-state index is 12.8. The van der Waals surface area contributed by atoms with Crippen molar-refractivity contribution >= 4 is 17.9 Å². The van der Waals surface area contributed by atoms with Gasteiger partial charge in [0.1, 0.15) is 6.61 Å². The molecule has 1 N–H and O–H groups in total. The molecule has 0 spiro atoms. The molecule has 0 saturated heterocycles. The highest BCUT2D eigenvalue weighted by Gasteiger charge is 2.31. The molecule has 0 rings (SSSR count). The summed E-state index contributed by atoms with van der Waals surface area (Å²) < 4.78 is 17.3. The van der Waals surface area contributed by atoms with Gasteiger partial charge in [-0.3, -0.25) is 9.59 Å². The lowest BCUT2D eigenvalue weighted by atomic mass is 10.1. The molecule has 8 nitrogen and oxygen atoms in total. The predicted molar refractivity (Wildman–Crippen MR) is 266 cm³/mol. The van der Waals surface area contributed by atoms with Gasteiger partial charge in [-0.05, 0) is 89.9 Å². The summed E-state index contributed by atoms with van der Waals surface area (Å²) >= 11 is 0. The van der Waals surface area contributed by atoms with Crippen LogP contribution in [-0.2, 0) is 28.6 Å². The topological polar surface area (TPSA) is 99.1 Å². The number of rotatable bonds is 44. The molecule has 0 amide bonds. The Kier molecular flexibility index (Phi) is 42.6. The van der Waals surface area contributed by atoms with Crippen molar-refractivity contribution in [1.82, 2.24) is 0 Å². The molecule has 63 heavy (non-hydrogen) atoms. The summed E-state index contributed by atoms with van der Waals surface area (Å²) in [6.45, 7) is 4.64. The number of ether oxygens (including phenoxy) is 3. The van der Waals surface area contributed by atoms with E-state index in [1.807, 2.05) is 21.1 Å². The zero-order chi connectivity index (χ0) is 46.3. The number of unbranched alkanes of at least 4 members (excludes halogenated alkanes) is 17. The molecule has 0 aliphatic rings. The molecule has 0 bridgehead atoms. The number of nitrogens with zero attached hydrogens (tertiary/aromatic N) is 1. The van der Waals surface area contributed by atoms with Crippen LogP contribution in [0.25, 0.3) is 0 Å². The zero-order valence-corrected chi connectivity index (χ0v) is 41.0. The van der Waals surface area contributed by atoms with E-state index in [2.05, 4.69) is 98.9 Å². The normalized spacial score (nSPS) is 13.6. The van der Waals surface area contributed by atoms with Crippen LogP contribution >= 0.6 is 0 Å². The lowest BCUT2D eigenvalue weighted by Gasteiger charge is -2.31. The van der Waals surface area contributed by atoms with Crippen LogP contribution in [0.15, 0.2) is 85.1 Å². The summed E-state index contributed by atoms with van der Waals surface area (Å²) in [5.74, 6) is -1.55. The Bertz CT molecular complexity index is 1300. The highest BCUT2D eigenvalue weighted by Crippen LogP contribution is 2.13. The number of hydrogen-bond acceptors (Lipinski definition) is 6. The van der Waals surface area contributed by atoms with Crippen LogP contribution < -0.4 is 0 Å². The summed E-state index contributed by atoms with van der Waals surface area (Å²) in [6.07, 6.45) is 59.2. The minimum absolute atomic E-state index is 0.0339. The molecule has 2 unspecified atom stereocenters. The van der Waals surface area contributed by atoms with Gasteiger partial charge in [-0.25, -0.2) is 4.79 Å². The van der Waals surface area contributed by atoms with Crippen molar-refractivity contribution in [2.24, 2.45) is 0 Å². The van der Waals surface area contributed by atoms with E-state index in [1.165, 1.54) is 77.0 Å². The largest absolute Gasteiger partial charge is 0.477 e. The van der Waals surface area contributed by atoms with Gasteiger partial charge in [0.2, 0.25) is 0 Å². The molecule has 0 fully saturated rings. The minimum atomic E-state index is -0.887. The van der Waals surface area contributed by atoms with Crippen molar-refractivity contribution in [3.63, 3.8) is 0 Å². The average molecular weight is 881 g/mol. The Hall–Kier alpha value is -3.49. The van der Waals surface area contributed by atoms with Crippen LogP contribution in [0.2, 0.25) is 0 Å². The first-order valence-corrected chi connectivity index (χ1v) is 25.1. The molecular formula is C55H94NO7+. The second-order valence-corrected chi connectivity index (χ2v) is 17.7. The molecular weight excluding hydrogens is 787 g/mol. The molecule has 2 atom stereocenters. The molecule has 0 radical (unpaired) electrons. The summed E-state index contributed by atoms with van der Waals surface area (Å²) in [5.41, 5.74) is 0. The number of carbonyl (C=O) groups excluding carboxylic acids is 2. The third kappa shape index (κ3) is 43.5. The maximum atomic E-state index is 12.8. The average Bonchev–Trinajstić information content (AvgIpc) is 3.24. The fraction of sp³-hybridized carbons (Fsp3) is 0.691. The van der Waals surface area contributed by atoms with E-state index < -0.39 is 18.1 Å². The van der Waals surface area contributed by atoms with Crippen molar-refractivity contribution in [2.75, 3.05) is 41.0 Å². The first kappa shape index (κ1) is 59.5. The van der Waals surface area contributed by atoms with E-state index in [9.17, 15) is 19.5 Å². The number of quaternary nitrogens is 1. The van der Waals surface area contributed by atoms with Crippen LogP contribution in [0.5, 0.6) is 0 Å². The van der Waals surface area contributed by atoms with Gasteiger partial charge in [-0.15, -0.1) is 0 Å². The highest BCUT2D eigenvalue weighted by atomic mass is 16.6. The fourth-order valence-corrected chi connectivity index (χ4v) is 6.87. The zero-order valence-electron chi connectivity index (χ0n) is 41.0. The number of allylic oxidation sites excluding steroid dienone is 14. The summed E-state index contributed by atoms with van der Waals surface area (Å²) in [6, 6.07) is -0.630. The lowest BCUT2D eigenvalue weighted by Crippen LogP contribution is -2.50. The van der Waals surface area contributed by atoms with E-state index in [4.69, 9.17) is 14.2 Å². The summed E-state index contributed by atoms with van der Waals surface area (Å²) in [7, 11) is 5.51. The Morgan fingerprint density at radius 2 is 0.889 bits per heavy atom. The number of carboxylic acids is 1. The second-order valence-electron chi connectivity index (χ2n) is 17.7. The molecule has 0 aromatic rings. The van der Waals surface area contributed by atoms with Crippen molar-refractivity contribution in [3.05, 3.63) is 85.1 Å². The molecule has 360 valence electrons. The molecule has 0 aliphatic carbocycles. The number of aliphatic carboxylic acids is 1. The SMILES string of the molecule is CCCCC/C=C/C/C=C/C/C=C/C/C=C/C/C=C/CCCCC(=O)OC(COCCC(C(=O)O)[N+](C)(C)C)COC(=O)CCCCCCC/C=C/C=C/CCCCCCCCC. The molecule has 0 saturated carbocycles. The number of hydrogen-bond donors (Lipinski definition) is 1. The van der Waals surface area contributed by atoms with Crippen molar-refractivity contribution in [2.45, 2.75) is 206 Å². The van der Waals surface area contributed by atoms with Gasteiger partial charge in [0.25, 0.3) is 0 Å². The smallest absolute Gasteiger partial charge is 0.362 e. The van der Waals surface area contributed by atoms with Crippen LogP contribution in [0.3, 0.4) is 0 Å². The Balaban J connectivity index is 4.41. The molecule has 0 heterocycles. The fourth-order valence-electron chi connectivity index (χ4n) is 6.87. The highest BCUT2D eigenvalue weighted by molar-refractivity contribution is 5.72. The number of carbonyl (C=O) groups is 3. The van der Waals surface area contributed by atoms with E-state index in [0.717, 1.165) is 77.0 Å². The predicted octanol–water partition coefficient (Wildman–Crippen LogP) is 14.5. The van der Waals surface area contributed by atoms with E-state index in [-0.39, 0.29) is 42.7 Å². The Morgan fingerprint density at radius 3 is 1.40 bits per heavy atom. The van der Waals surface area contributed by atoms with Crippen LogP contribution in [0.1, 0.15) is 194 Å². The number of carboxylic acid groups (broad SMARTS) is 1. The molecule has 0 aromatic heterocycles. The van der Waals surface area contributed by atoms with Crippen LogP contribution in [-0.4, -0.2) is 80.6 Å². The van der Waals surface area contributed by atoms with Gasteiger partial charge in [0.05, 0.1) is 34.4 Å². The number of esters is 2. The maximum Gasteiger partial charge on any atom is 0.362 e. The molecule has 0 aliphatic heterocycles. The van der Waals surface area contributed by atoms with Crippen LogP contribution in [0, 0.1) is 0 Å². The van der Waals surface area contributed by atoms with Crippen LogP contribution in [0.4, 0.5) is 0 Å². The second kappa shape index (κ2) is 45.1. The van der Waals surface area contributed by atoms with Gasteiger partial charge in [-0.1, -0.05) is 170 Å². The van der Waals surface area contributed by atoms with Gasteiger partial charge in [0, 0.05) is 19.3 Å². The van der Waals surface area contributed by atoms with Crippen molar-refractivity contribution < 1.29 is 38.2 Å². The summed E-state index contributed by atoms with van der Waals surface area (Å²) in [4.78, 5) is 37.1. The third-order valence-electron chi connectivity index (χ3n) is 10.8. The first-order valence-electron chi connectivity index (χ1n) is 25.1. The van der Waals surface area contributed by atoms with Gasteiger partial charge in [-0.2, -0.15) is 0 Å². The van der Waals surface area contributed by atoms with Gasteiger partial charge in [0.15, 0.2) is 12.1 Å². The first-order chi connectivity index (χ1) is 30.6. The Labute approximate surface area is 386 Å². The molecule has 8 heteroatoms. The Morgan fingerprint density at radius 1 is 0.492 bits per heavy atom. The number of likely N-dealkylation sites (N-methyl/N-ethyl adjacent to an activating group) is 1. The third-order valence-corrected chi connectivity index (χ3v) is 10.8. The van der Waals surface area contributed by atoms with E-state index >= 15 is 0 Å². The van der Waals surface area contributed by atoms with E-state index in [1.54, 1.807) is 0 Å². The standard InChI is InChI=1S/C55H93NO7/c1-6-8-10-12-14-16-18-20-22-24-26-27-28-30-32-34-36-38-40-42-44-46-54(58)63-51(49-61-48-47-52(55(59)60)56(3,4)5)50-62-53(57)45-43-41-39-37-35-33-31-29-25-23-21-19-17-15-13-11-9-7-2/h14,16,20,22-23,25-27,29-32,36,38,51-52H,6-13,15,17-19,21,24,28,33-35,37,39-50H2,1-5H3/p+1/b16-14+,22-20+,25-23+,27-26+,31-29+,32-30+,38-36+. The summed E-state index contributed by atoms with van der Waals surface area (Å²) in [5, 5.41) is 9.65. The van der Waals surface area contributed by atoms with Gasteiger partial charge >= 0.3 is 17.9 Å².